The third-order valence-electron chi connectivity index (χ3n) is 1.91. The second-order valence-corrected chi connectivity index (χ2v) is 3.93. The molecule has 3 nitrogen and oxygen atoms in total. The third kappa shape index (κ3) is 2.30. The van der Waals surface area contributed by atoms with Gasteiger partial charge in [0.25, 0.3) is 0 Å². The van der Waals surface area contributed by atoms with E-state index >= 15 is 0 Å². The number of pyridine rings is 1. The fraction of sp³-hybridized carbons (Fsp3) is 0. The van der Waals surface area contributed by atoms with Gasteiger partial charge in [-0.3, -0.25) is 0 Å². The van der Waals surface area contributed by atoms with Crippen LogP contribution in [-0.2, 0) is 0 Å². The SMILES string of the molecule is Nc1cccnc1Oc1ccc(F)c(Br)c1. The molecule has 0 radical (unpaired) electrons. The lowest BCUT2D eigenvalue weighted by Gasteiger charge is -2.07. The molecule has 0 amide bonds. The van der Waals surface area contributed by atoms with Crippen LogP contribution < -0.4 is 10.5 Å². The van der Waals surface area contributed by atoms with Crippen LogP contribution in [0.4, 0.5) is 10.1 Å². The van der Waals surface area contributed by atoms with Crippen molar-refractivity contribution in [3.63, 3.8) is 0 Å². The molecule has 0 bridgehead atoms. The molecule has 0 aliphatic carbocycles. The highest BCUT2D eigenvalue weighted by Crippen LogP contribution is 2.27. The Morgan fingerprint density at radius 1 is 1.31 bits per heavy atom. The number of halogens is 2. The Kier molecular flexibility index (Phi) is 3.05. The highest BCUT2D eigenvalue weighted by atomic mass is 79.9. The zero-order chi connectivity index (χ0) is 11.5. The van der Waals surface area contributed by atoms with Crippen molar-refractivity contribution in [3.8, 4) is 11.6 Å². The van der Waals surface area contributed by atoms with Crippen molar-refractivity contribution >= 4 is 21.6 Å². The highest BCUT2D eigenvalue weighted by molar-refractivity contribution is 9.10. The van der Waals surface area contributed by atoms with E-state index in [-0.39, 0.29) is 5.82 Å². The van der Waals surface area contributed by atoms with E-state index in [0.29, 0.717) is 21.8 Å². The average Bonchev–Trinajstić information content (AvgIpc) is 2.27. The van der Waals surface area contributed by atoms with Crippen molar-refractivity contribution in [1.29, 1.82) is 0 Å². The van der Waals surface area contributed by atoms with Crippen LogP contribution in [0.3, 0.4) is 0 Å². The average molecular weight is 283 g/mol. The van der Waals surface area contributed by atoms with Crippen LogP contribution >= 0.6 is 15.9 Å². The van der Waals surface area contributed by atoms with Crippen molar-refractivity contribution in [2.75, 3.05) is 5.73 Å². The van der Waals surface area contributed by atoms with Gasteiger partial charge in [-0.2, -0.15) is 0 Å². The first-order chi connectivity index (χ1) is 7.66. The Morgan fingerprint density at radius 2 is 2.12 bits per heavy atom. The smallest absolute Gasteiger partial charge is 0.242 e. The second-order valence-electron chi connectivity index (χ2n) is 3.08. The molecule has 2 rings (SSSR count). The monoisotopic (exact) mass is 282 g/mol. The molecule has 0 aliphatic rings. The zero-order valence-corrected chi connectivity index (χ0v) is 9.74. The number of nitrogen functional groups attached to an aromatic ring is 1. The largest absolute Gasteiger partial charge is 0.437 e. The minimum absolute atomic E-state index is 0.306. The topological polar surface area (TPSA) is 48.1 Å². The molecule has 2 N–H and O–H groups in total. The van der Waals surface area contributed by atoms with Gasteiger partial charge in [-0.1, -0.05) is 0 Å². The molecule has 1 aromatic heterocycles. The van der Waals surface area contributed by atoms with E-state index in [4.69, 9.17) is 10.5 Å². The van der Waals surface area contributed by atoms with Gasteiger partial charge in [-0.15, -0.1) is 0 Å². The fourth-order valence-corrected chi connectivity index (χ4v) is 1.50. The van der Waals surface area contributed by atoms with Crippen LogP contribution in [0.15, 0.2) is 41.0 Å². The van der Waals surface area contributed by atoms with Crippen LogP contribution in [0.2, 0.25) is 0 Å². The van der Waals surface area contributed by atoms with Gasteiger partial charge in [0.15, 0.2) is 0 Å². The summed E-state index contributed by atoms with van der Waals surface area (Å²) in [5.74, 6) is 0.432. The molecule has 0 spiro atoms. The van der Waals surface area contributed by atoms with E-state index in [1.54, 1.807) is 18.3 Å². The van der Waals surface area contributed by atoms with Gasteiger partial charge in [0.1, 0.15) is 11.6 Å². The molecule has 16 heavy (non-hydrogen) atoms. The number of rotatable bonds is 2. The molecular formula is C11H8BrFN2O. The molecule has 0 saturated carbocycles. The lowest BCUT2D eigenvalue weighted by Crippen LogP contribution is -1.94. The third-order valence-corrected chi connectivity index (χ3v) is 2.51. The van der Waals surface area contributed by atoms with Crippen LogP contribution in [0, 0.1) is 5.82 Å². The lowest BCUT2D eigenvalue weighted by molar-refractivity contribution is 0.463. The van der Waals surface area contributed by atoms with Gasteiger partial charge in [-0.05, 0) is 46.3 Å². The van der Waals surface area contributed by atoms with E-state index in [0.717, 1.165) is 0 Å². The number of benzene rings is 1. The zero-order valence-electron chi connectivity index (χ0n) is 8.15. The number of nitrogens with two attached hydrogens (primary N) is 1. The Morgan fingerprint density at radius 3 is 2.81 bits per heavy atom. The predicted octanol–water partition coefficient (Wildman–Crippen LogP) is 3.36. The fourth-order valence-electron chi connectivity index (χ4n) is 1.14. The summed E-state index contributed by atoms with van der Waals surface area (Å²) in [6.07, 6.45) is 1.57. The molecule has 82 valence electrons. The quantitative estimate of drug-likeness (QED) is 0.919. The minimum Gasteiger partial charge on any atom is -0.437 e. The summed E-state index contributed by atoms with van der Waals surface area (Å²) in [4.78, 5) is 3.97. The maximum absolute atomic E-state index is 13.0. The van der Waals surface area contributed by atoms with Crippen molar-refractivity contribution < 1.29 is 9.13 Å². The van der Waals surface area contributed by atoms with Crippen LogP contribution in [0.5, 0.6) is 11.6 Å². The van der Waals surface area contributed by atoms with Crippen molar-refractivity contribution in [1.82, 2.24) is 4.98 Å². The van der Waals surface area contributed by atoms with Gasteiger partial charge in [0.05, 0.1) is 10.2 Å². The van der Waals surface area contributed by atoms with Crippen molar-refractivity contribution in [2.24, 2.45) is 0 Å². The second kappa shape index (κ2) is 4.49. The Labute approximate surface area is 100 Å². The summed E-state index contributed by atoms with van der Waals surface area (Å²) in [5, 5.41) is 0. The number of nitrogens with zero attached hydrogens (tertiary/aromatic N) is 1. The van der Waals surface area contributed by atoms with Crippen LogP contribution in [0.1, 0.15) is 0 Å². The maximum Gasteiger partial charge on any atom is 0.242 e. The number of hydrogen-bond acceptors (Lipinski definition) is 3. The number of aromatic nitrogens is 1. The van der Waals surface area contributed by atoms with Crippen LogP contribution in [0.25, 0.3) is 0 Å². The summed E-state index contributed by atoms with van der Waals surface area (Å²) in [7, 11) is 0. The van der Waals surface area contributed by atoms with Crippen molar-refractivity contribution in [2.45, 2.75) is 0 Å². The maximum atomic E-state index is 13.0. The van der Waals surface area contributed by atoms with E-state index in [1.165, 1.54) is 18.2 Å². The summed E-state index contributed by atoms with van der Waals surface area (Å²) in [6, 6.07) is 7.72. The molecule has 0 atom stereocenters. The lowest BCUT2D eigenvalue weighted by atomic mass is 10.3. The summed E-state index contributed by atoms with van der Waals surface area (Å²) in [5.41, 5.74) is 6.10. The first-order valence-corrected chi connectivity index (χ1v) is 5.29. The summed E-state index contributed by atoms with van der Waals surface area (Å²) < 4.78 is 18.7. The van der Waals surface area contributed by atoms with Crippen molar-refractivity contribution in [3.05, 3.63) is 46.8 Å². The van der Waals surface area contributed by atoms with Crippen LogP contribution in [-0.4, -0.2) is 4.98 Å². The Hall–Kier alpha value is -1.62. The molecule has 0 saturated heterocycles. The molecule has 2 aromatic rings. The molecular weight excluding hydrogens is 275 g/mol. The standard InChI is InChI=1S/C11H8BrFN2O/c12-8-6-7(3-4-9(8)13)16-11-10(14)2-1-5-15-11/h1-6H,14H2. The van der Waals surface area contributed by atoms with Gasteiger partial charge >= 0.3 is 0 Å². The number of ether oxygens (including phenoxy) is 1. The molecule has 1 aromatic carbocycles. The first kappa shape index (κ1) is 10.9. The molecule has 0 unspecified atom stereocenters. The number of hydrogen-bond donors (Lipinski definition) is 1. The van der Waals surface area contributed by atoms with Gasteiger partial charge in [0, 0.05) is 6.20 Å². The molecule has 0 fully saturated rings. The van der Waals surface area contributed by atoms with Gasteiger partial charge in [0.2, 0.25) is 5.88 Å². The molecule has 0 aliphatic heterocycles. The summed E-state index contributed by atoms with van der Waals surface area (Å²) in [6.45, 7) is 0. The minimum atomic E-state index is -0.346. The Bertz CT molecular complexity index is 519. The molecule has 5 heteroatoms. The Balaban J connectivity index is 2.28. The normalized spacial score (nSPS) is 10.1. The van der Waals surface area contributed by atoms with E-state index in [2.05, 4.69) is 20.9 Å². The van der Waals surface area contributed by atoms with Gasteiger partial charge < -0.3 is 10.5 Å². The highest BCUT2D eigenvalue weighted by Gasteiger charge is 2.05. The van der Waals surface area contributed by atoms with E-state index < -0.39 is 0 Å². The number of anilines is 1. The van der Waals surface area contributed by atoms with Gasteiger partial charge in [-0.25, -0.2) is 9.37 Å². The first-order valence-electron chi connectivity index (χ1n) is 4.50. The predicted molar refractivity (Wildman–Crippen MR) is 62.8 cm³/mol. The van der Waals surface area contributed by atoms with E-state index in [9.17, 15) is 4.39 Å². The van der Waals surface area contributed by atoms with E-state index in [1.807, 2.05) is 0 Å². The summed E-state index contributed by atoms with van der Waals surface area (Å²) >= 11 is 3.07. The molecule has 1 heterocycles.